The number of carbonyl (C=O) groups excluding carboxylic acids is 1. The lowest BCUT2D eigenvalue weighted by molar-refractivity contribution is 0.0954. The topological polar surface area (TPSA) is 89.4 Å². The van der Waals surface area contributed by atoms with Crippen molar-refractivity contribution in [1.29, 1.82) is 0 Å². The molecule has 0 spiro atoms. The summed E-state index contributed by atoms with van der Waals surface area (Å²) in [6.45, 7) is 0. The smallest absolute Gasteiger partial charge is 0.271 e. The predicted octanol–water partition coefficient (Wildman–Crippen LogP) is 2.18. The van der Waals surface area contributed by atoms with Gasteiger partial charge in [0.05, 0.1) is 27.5 Å². The molecular weight excluding hydrogens is 312 g/mol. The van der Waals surface area contributed by atoms with Gasteiger partial charge in [-0.3, -0.25) is 4.79 Å². The van der Waals surface area contributed by atoms with Crippen LogP contribution in [0.3, 0.4) is 0 Å². The van der Waals surface area contributed by atoms with Gasteiger partial charge >= 0.3 is 0 Å². The maximum atomic E-state index is 12.1. The molecule has 0 saturated heterocycles. The Kier molecular flexibility index (Phi) is 5.62. The van der Waals surface area contributed by atoms with Crippen LogP contribution in [-0.2, 0) is 0 Å². The molecule has 2 aromatic rings. The zero-order valence-electron chi connectivity index (χ0n) is 13.6. The van der Waals surface area contributed by atoms with E-state index in [1.165, 1.54) is 38.6 Å². The number of carbonyl (C=O) groups is 1. The summed E-state index contributed by atoms with van der Waals surface area (Å²) in [7, 11) is 4.51. The molecule has 0 unspecified atom stereocenters. The molecule has 7 heteroatoms. The van der Waals surface area contributed by atoms with E-state index in [-0.39, 0.29) is 11.5 Å². The van der Waals surface area contributed by atoms with E-state index in [2.05, 4.69) is 10.5 Å². The van der Waals surface area contributed by atoms with Crippen LogP contribution in [0.25, 0.3) is 0 Å². The Morgan fingerprint density at radius 2 is 1.79 bits per heavy atom. The molecule has 0 saturated carbocycles. The highest BCUT2D eigenvalue weighted by Crippen LogP contribution is 2.26. The summed E-state index contributed by atoms with van der Waals surface area (Å²) in [5.41, 5.74) is 3.40. The number of phenols is 1. The lowest BCUT2D eigenvalue weighted by Gasteiger charge is -2.07. The van der Waals surface area contributed by atoms with E-state index in [1.807, 2.05) is 0 Å². The summed E-state index contributed by atoms with van der Waals surface area (Å²) >= 11 is 0. The number of nitrogens with zero attached hydrogens (tertiary/aromatic N) is 1. The number of nitrogens with one attached hydrogen (secondary N) is 1. The van der Waals surface area contributed by atoms with Crippen molar-refractivity contribution in [2.75, 3.05) is 21.3 Å². The number of hydrazone groups is 1. The van der Waals surface area contributed by atoms with Crippen molar-refractivity contribution in [3.8, 4) is 23.0 Å². The lowest BCUT2D eigenvalue weighted by atomic mass is 10.2. The highest BCUT2D eigenvalue weighted by molar-refractivity contribution is 5.95. The monoisotopic (exact) mass is 330 g/mol. The fraction of sp³-hybridized carbons (Fsp3) is 0.176. The quantitative estimate of drug-likeness (QED) is 0.626. The van der Waals surface area contributed by atoms with Gasteiger partial charge in [-0.25, -0.2) is 5.43 Å². The number of aromatic hydroxyl groups is 1. The second kappa shape index (κ2) is 7.87. The first-order chi connectivity index (χ1) is 11.6. The minimum absolute atomic E-state index is 0.0412. The molecule has 0 heterocycles. The predicted molar refractivity (Wildman–Crippen MR) is 89.3 cm³/mol. The summed E-state index contributed by atoms with van der Waals surface area (Å²) in [5, 5.41) is 13.4. The number of rotatable bonds is 6. The molecular formula is C17H18N2O5. The molecule has 2 aromatic carbocycles. The van der Waals surface area contributed by atoms with Crippen molar-refractivity contribution in [2.24, 2.45) is 5.10 Å². The van der Waals surface area contributed by atoms with Gasteiger partial charge in [-0.15, -0.1) is 0 Å². The van der Waals surface area contributed by atoms with Gasteiger partial charge in [0, 0.05) is 17.2 Å². The first-order valence-corrected chi connectivity index (χ1v) is 7.01. The maximum Gasteiger partial charge on any atom is 0.271 e. The number of hydrogen-bond donors (Lipinski definition) is 2. The van der Waals surface area contributed by atoms with E-state index in [9.17, 15) is 9.90 Å². The molecule has 0 bridgehead atoms. The highest BCUT2D eigenvalue weighted by Gasteiger charge is 2.09. The van der Waals surface area contributed by atoms with E-state index in [4.69, 9.17) is 14.2 Å². The van der Waals surface area contributed by atoms with Gasteiger partial charge in [0.2, 0.25) is 0 Å². The number of amides is 1. The number of methoxy groups -OCH3 is 3. The zero-order valence-corrected chi connectivity index (χ0v) is 13.6. The third-order valence-corrected chi connectivity index (χ3v) is 3.25. The summed E-state index contributed by atoms with van der Waals surface area (Å²) in [5.74, 6) is 0.962. The second-order valence-electron chi connectivity index (χ2n) is 4.69. The van der Waals surface area contributed by atoms with Crippen LogP contribution in [0.15, 0.2) is 41.5 Å². The second-order valence-corrected chi connectivity index (χ2v) is 4.69. The molecule has 0 atom stereocenters. The fourth-order valence-electron chi connectivity index (χ4n) is 1.97. The van der Waals surface area contributed by atoms with Gasteiger partial charge < -0.3 is 19.3 Å². The van der Waals surface area contributed by atoms with E-state index < -0.39 is 5.91 Å². The molecule has 0 fully saturated rings. The molecule has 126 valence electrons. The van der Waals surface area contributed by atoms with Crippen LogP contribution in [0.5, 0.6) is 23.0 Å². The maximum absolute atomic E-state index is 12.1. The average molecular weight is 330 g/mol. The van der Waals surface area contributed by atoms with Crippen molar-refractivity contribution in [1.82, 2.24) is 5.43 Å². The number of phenolic OH excluding ortho intramolecular Hbond substituents is 1. The zero-order chi connectivity index (χ0) is 17.5. The van der Waals surface area contributed by atoms with Crippen LogP contribution in [0, 0.1) is 0 Å². The Bertz CT molecular complexity index is 759. The van der Waals surface area contributed by atoms with Crippen LogP contribution < -0.4 is 19.6 Å². The minimum atomic E-state index is -0.433. The Hall–Kier alpha value is -3.22. The molecule has 0 aliphatic carbocycles. The van der Waals surface area contributed by atoms with Crippen LogP contribution in [-0.4, -0.2) is 38.6 Å². The molecule has 0 aromatic heterocycles. The normalized spacial score (nSPS) is 10.5. The summed E-state index contributed by atoms with van der Waals surface area (Å²) in [6.07, 6.45) is 1.47. The van der Waals surface area contributed by atoms with Crippen molar-refractivity contribution in [2.45, 2.75) is 0 Å². The Morgan fingerprint density at radius 1 is 1.04 bits per heavy atom. The molecule has 0 radical (unpaired) electrons. The van der Waals surface area contributed by atoms with Crippen LogP contribution in [0.1, 0.15) is 15.9 Å². The van der Waals surface area contributed by atoms with Gasteiger partial charge in [-0.2, -0.15) is 5.10 Å². The van der Waals surface area contributed by atoms with E-state index in [0.717, 1.165) is 0 Å². The largest absolute Gasteiger partial charge is 0.504 e. The molecule has 7 nitrogen and oxygen atoms in total. The fourth-order valence-corrected chi connectivity index (χ4v) is 1.97. The molecule has 24 heavy (non-hydrogen) atoms. The number of benzene rings is 2. The average Bonchev–Trinajstić information content (AvgIpc) is 2.62. The molecule has 2 N–H and O–H groups in total. The third-order valence-electron chi connectivity index (χ3n) is 3.25. The van der Waals surface area contributed by atoms with Gasteiger partial charge in [0.1, 0.15) is 11.5 Å². The first kappa shape index (κ1) is 17.1. The Balaban J connectivity index is 2.10. The van der Waals surface area contributed by atoms with Gasteiger partial charge in [0.15, 0.2) is 11.5 Å². The van der Waals surface area contributed by atoms with Crippen LogP contribution >= 0.6 is 0 Å². The number of hydrogen-bond acceptors (Lipinski definition) is 6. The first-order valence-electron chi connectivity index (χ1n) is 7.01. The van der Waals surface area contributed by atoms with E-state index >= 15 is 0 Å². The number of ether oxygens (including phenoxy) is 3. The molecule has 2 rings (SSSR count). The van der Waals surface area contributed by atoms with Gasteiger partial charge in [-0.1, -0.05) is 0 Å². The van der Waals surface area contributed by atoms with Crippen LogP contribution in [0.2, 0.25) is 0 Å². The van der Waals surface area contributed by atoms with E-state index in [1.54, 1.807) is 25.3 Å². The van der Waals surface area contributed by atoms with Crippen molar-refractivity contribution < 1.29 is 24.1 Å². The van der Waals surface area contributed by atoms with Crippen molar-refractivity contribution in [3.63, 3.8) is 0 Å². The summed E-state index contributed by atoms with van der Waals surface area (Å²) in [4.78, 5) is 12.1. The van der Waals surface area contributed by atoms with Crippen molar-refractivity contribution in [3.05, 3.63) is 47.5 Å². The third kappa shape index (κ3) is 3.95. The molecule has 0 aliphatic rings. The van der Waals surface area contributed by atoms with Gasteiger partial charge in [-0.05, 0) is 30.3 Å². The summed E-state index contributed by atoms with van der Waals surface area (Å²) in [6, 6.07) is 9.51. The Labute approximate surface area is 139 Å². The minimum Gasteiger partial charge on any atom is -0.504 e. The van der Waals surface area contributed by atoms with Crippen molar-refractivity contribution >= 4 is 12.1 Å². The standard InChI is InChI=1S/C17H18N2O5/c1-22-13-6-4-12(15(9-13)23-2)10-18-19-17(21)11-5-7-14(20)16(8-11)24-3/h4-10,20H,1-3H3,(H,19,21)/b18-10+. The Morgan fingerprint density at radius 3 is 2.46 bits per heavy atom. The molecule has 1 amide bonds. The lowest BCUT2D eigenvalue weighted by Crippen LogP contribution is -2.17. The van der Waals surface area contributed by atoms with Crippen LogP contribution in [0.4, 0.5) is 0 Å². The summed E-state index contributed by atoms with van der Waals surface area (Å²) < 4.78 is 15.3. The molecule has 0 aliphatic heterocycles. The van der Waals surface area contributed by atoms with E-state index in [0.29, 0.717) is 22.6 Å². The SMILES string of the molecule is COc1ccc(/C=N/NC(=O)c2ccc(O)c(OC)c2)c(OC)c1. The highest BCUT2D eigenvalue weighted by atomic mass is 16.5. The van der Waals surface area contributed by atoms with Gasteiger partial charge in [0.25, 0.3) is 5.91 Å².